The van der Waals surface area contributed by atoms with Crippen LogP contribution in [0.25, 0.3) is 0 Å². The highest BCUT2D eigenvalue weighted by Crippen LogP contribution is 2.22. The molecule has 8 heteroatoms. The molecule has 0 saturated carbocycles. The van der Waals surface area contributed by atoms with E-state index in [0.29, 0.717) is 11.6 Å². The topological polar surface area (TPSA) is 75.5 Å². The zero-order valence-corrected chi connectivity index (χ0v) is 15.6. The first-order chi connectivity index (χ1) is 12.7. The third-order valence-corrected chi connectivity index (χ3v) is 6.47. The molecular formula is C18H24N6OS. The molecule has 0 aliphatic carbocycles. The Morgan fingerprint density at radius 1 is 1.27 bits per heavy atom. The largest absolute Gasteiger partial charge is 0.354 e. The fourth-order valence-electron chi connectivity index (χ4n) is 3.95. The molecule has 3 aliphatic heterocycles. The van der Waals surface area contributed by atoms with Gasteiger partial charge < -0.3 is 15.1 Å². The Morgan fingerprint density at radius 3 is 2.77 bits per heavy atom. The van der Waals surface area contributed by atoms with Gasteiger partial charge in [0.15, 0.2) is 0 Å². The van der Waals surface area contributed by atoms with Gasteiger partial charge in [0.25, 0.3) is 0 Å². The summed E-state index contributed by atoms with van der Waals surface area (Å²) in [6.45, 7) is 5.60. The number of nitrogens with zero attached hydrogens (tertiary/aromatic N) is 5. The standard InChI is InChI=1S/C18H24N6OS/c19-10-14-1-2-17(21-11-14)23-5-3-22(4-6-23)15-9-16(20-12-15)18(25)24-7-8-26-13-24/h1-2,11,15-16,20H,3-9,12-13H2/t15-,16+/m1/s1. The lowest BCUT2D eigenvalue weighted by atomic mass is 10.1. The molecular weight excluding hydrogens is 348 g/mol. The van der Waals surface area contributed by atoms with E-state index in [4.69, 9.17) is 5.26 Å². The Hall–Kier alpha value is -1.82. The molecule has 0 bridgehead atoms. The lowest BCUT2D eigenvalue weighted by molar-refractivity contribution is -0.131. The molecule has 4 rings (SSSR count). The summed E-state index contributed by atoms with van der Waals surface area (Å²) in [5.74, 6) is 3.12. The monoisotopic (exact) mass is 372 g/mol. The Balaban J connectivity index is 1.28. The molecule has 0 aromatic carbocycles. The van der Waals surface area contributed by atoms with Crippen molar-refractivity contribution in [1.82, 2.24) is 20.1 Å². The van der Waals surface area contributed by atoms with Gasteiger partial charge in [-0.3, -0.25) is 9.69 Å². The van der Waals surface area contributed by atoms with Gasteiger partial charge in [-0.15, -0.1) is 11.8 Å². The number of hydrogen-bond donors (Lipinski definition) is 1. The van der Waals surface area contributed by atoms with Gasteiger partial charge in [-0.2, -0.15) is 5.26 Å². The van der Waals surface area contributed by atoms with E-state index in [1.54, 1.807) is 6.20 Å². The lowest BCUT2D eigenvalue weighted by Gasteiger charge is -2.38. The lowest BCUT2D eigenvalue weighted by Crippen LogP contribution is -2.51. The van der Waals surface area contributed by atoms with Crippen molar-refractivity contribution >= 4 is 23.5 Å². The molecule has 3 saturated heterocycles. The average molecular weight is 372 g/mol. The van der Waals surface area contributed by atoms with Gasteiger partial charge in [0, 0.05) is 57.3 Å². The summed E-state index contributed by atoms with van der Waals surface area (Å²) in [7, 11) is 0. The molecule has 1 aromatic rings. The van der Waals surface area contributed by atoms with Crippen molar-refractivity contribution in [2.24, 2.45) is 0 Å². The van der Waals surface area contributed by atoms with Crippen LogP contribution in [-0.2, 0) is 4.79 Å². The minimum Gasteiger partial charge on any atom is -0.354 e. The van der Waals surface area contributed by atoms with Gasteiger partial charge in [-0.25, -0.2) is 4.98 Å². The van der Waals surface area contributed by atoms with Crippen molar-refractivity contribution in [2.75, 3.05) is 55.8 Å². The number of carbonyl (C=O) groups excluding carboxylic acids is 1. The molecule has 3 aliphatic rings. The van der Waals surface area contributed by atoms with Crippen molar-refractivity contribution in [1.29, 1.82) is 5.26 Å². The van der Waals surface area contributed by atoms with Crippen LogP contribution in [0.3, 0.4) is 0 Å². The summed E-state index contributed by atoms with van der Waals surface area (Å²) in [5, 5.41) is 12.3. The summed E-state index contributed by atoms with van der Waals surface area (Å²) >= 11 is 1.84. The molecule has 2 atom stereocenters. The Labute approximate surface area is 158 Å². The van der Waals surface area contributed by atoms with E-state index in [1.165, 1.54) is 0 Å². The number of thioether (sulfide) groups is 1. The highest BCUT2D eigenvalue weighted by molar-refractivity contribution is 7.99. The van der Waals surface area contributed by atoms with Crippen LogP contribution in [0.1, 0.15) is 12.0 Å². The first-order valence-corrected chi connectivity index (χ1v) is 10.3. The number of nitriles is 1. The quantitative estimate of drug-likeness (QED) is 0.820. The molecule has 3 fully saturated rings. The molecule has 1 N–H and O–H groups in total. The Kier molecular flexibility index (Phi) is 5.29. The molecule has 1 aromatic heterocycles. The average Bonchev–Trinajstić information content (AvgIpc) is 3.40. The summed E-state index contributed by atoms with van der Waals surface area (Å²) in [6.07, 6.45) is 2.55. The summed E-state index contributed by atoms with van der Waals surface area (Å²) in [6, 6.07) is 6.28. The molecule has 0 spiro atoms. The molecule has 0 unspecified atom stereocenters. The smallest absolute Gasteiger partial charge is 0.240 e. The number of anilines is 1. The van der Waals surface area contributed by atoms with E-state index in [-0.39, 0.29) is 11.9 Å². The molecule has 7 nitrogen and oxygen atoms in total. The minimum absolute atomic E-state index is 0.0167. The third-order valence-electron chi connectivity index (χ3n) is 5.50. The van der Waals surface area contributed by atoms with Gasteiger partial charge in [0.2, 0.25) is 5.91 Å². The number of nitrogens with one attached hydrogen (secondary N) is 1. The van der Waals surface area contributed by atoms with Gasteiger partial charge in [-0.1, -0.05) is 0 Å². The highest BCUT2D eigenvalue weighted by atomic mass is 32.2. The van der Waals surface area contributed by atoms with Gasteiger partial charge in [-0.05, 0) is 18.6 Å². The fraction of sp³-hybridized carbons (Fsp3) is 0.611. The van der Waals surface area contributed by atoms with E-state index in [1.807, 2.05) is 28.8 Å². The van der Waals surface area contributed by atoms with Crippen LogP contribution in [-0.4, -0.2) is 83.7 Å². The second-order valence-electron chi connectivity index (χ2n) is 7.03. The van der Waals surface area contributed by atoms with Crippen LogP contribution in [0, 0.1) is 11.3 Å². The van der Waals surface area contributed by atoms with Crippen molar-refractivity contribution in [2.45, 2.75) is 18.5 Å². The zero-order chi connectivity index (χ0) is 17.9. The second-order valence-corrected chi connectivity index (χ2v) is 8.10. The first kappa shape index (κ1) is 17.6. The minimum atomic E-state index is -0.0167. The SMILES string of the molecule is N#Cc1ccc(N2CCN([C@H]3CN[C@H](C(=O)N4CCSC4)C3)CC2)nc1. The molecule has 1 amide bonds. The number of carbonyl (C=O) groups is 1. The Morgan fingerprint density at radius 2 is 2.12 bits per heavy atom. The van der Waals surface area contributed by atoms with Gasteiger partial charge in [0.05, 0.1) is 17.5 Å². The van der Waals surface area contributed by atoms with Crippen molar-refractivity contribution < 1.29 is 4.79 Å². The fourth-order valence-corrected chi connectivity index (χ4v) is 4.90. The van der Waals surface area contributed by atoms with E-state index in [0.717, 1.165) is 63.1 Å². The maximum atomic E-state index is 12.6. The highest BCUT2D eigenvalue weighted by Gasteiger charge is 2.36. The van der Waals surface area contributed by atoms with E-state index < -0.39 is 0 Å². The number of pyridine rings is 1. The van der Waals surface area contributed by atoms with Crippen molar-refractivity contribution in [3.05, 3.63) is 23.9 Å². The number of rotatable bonds is 3. The Bertz CT molecular complexity index is 676. The summed E-state index contributed by atoms with van der Waals surface area (Å²) in [5.41, 5.74) is 0.594. The maximum absolute atomic E-state index is 12.6. The van der Waals surface area contributed by atoms with Gasteiger partial charge >= 0.3 is 0 Å². The van der Waals surface area contributed by atoms with E-state index >= 15 is 0 Å². The van der Waals surface area contributed by atoms with Crippen LogP contribution in [0.15, 0.2) is 18.3 Å². The second kappa shape index (κ2) is 7.82. The molecule has 4 heterocycles. The zero-order valence-electron chi connectivity index (χ0n) is 14.8. The van der Waals surface area contributed by atoms with Crippen LogP contribution in [0.2, 0.25) is 0 Å². The van der Waals surface area contributed by atoms with E-state index in [2.05, 4.69) is 26.2 Å². The van der Waals surface area contributed by atoms with E-state index in [9.17, 15) is 4.79 Å². The normalized spacial score (nSPS) is 26.9. The predicted octanol–water partition coefficient (Wildman–Crippen LogP) is 0.339. The van der Waals surface area contributed by atoms with Crippen LogP contribution in [0.5, 0.6) is 0 Å². The number of piperazine rings is 1. The van der Waals surface area contributed by atoms with Crippen molar-refractivity contribution in [3.63, 3.8) is 0 Å². The molecule has 0 radical (unpaired) electrons. The number of amides is 1. The first-order valence-electron chi connectivity index (χ1n) is 9.19. The van der Waals surface area contributed by atoms with Crippen LogP contribution >= 0.6 is 11.8 Å². The maximum Gasteiger partial charge on any atom is 0.240 e. The summed E-state index contributed by atoms with van der Waals surface area (Å²) in [4.78, 5) is 23.7. The number of hydrogen-bond acceptors (Lipinski definition) is 7. The molecule has 138 valence electrons. The van der Waals surface area contributed by atoms with Crippen molar-refractivity contribution in [3.8, 4) is 6.07 Å². The van der Waals surface area contributed by atoms with Crippen LogP contribution < -0.4 is 10.2 Å². The third kappa shape index (κ3) is 3.65. The number of aromatic nitrogens is 1. The summed E-state index contributed by atoms with van der Waals surface area (Å²) < 4.78 is 0. The predicted molar refractivity (Wildman–Crippen MR) is 102 cm³/mol. The molecule has 26 heavy (non-hydrogen) atoms. The van der Waals surface area contributed by atoms with Crippen LogP contribution in [0.4, 0.5) is 5.82 Å². The van der Waals surface area contributed by atoms with Gasteiger partial charge in [0.1, 0.15) is 11.9 Å².